The van der Waals surface area contributed by atoms with Crippen molar-refractivity contribution in [1.29, 1.82) is 0 Å². The molecule has 3 heterocycles. The number of nitrogens with zero attached hydrogens (tertiary/aromatic N) is 4. The molecule has 1 aliphatic carbocycles. The maximum Gasteiger partial charge on any atom is 0.271 e. The maximum absolute atomic E-state index is 13.4. The summed E-state index contributed by atoms with van der Waals surface area (Å²) in [6.07, 6.45) is 6.68. The van der Waals surface area contributed by atoms with Crippen molar-refractivity contribution in [2.75, 3.05) is 11.4 Å². The van der Waals surface area contributed by atoms with E-state index in [4.69, 9.17) is 11.6 Å². The molecule has 5 rings (SSSR count). The zero-order valence-corrected chi connectivity index (χ0v) is 17.5. The normalized spacial score (nSPS) is 23.6. The minimum Gasteiger partial charge on any atom is -0.348 e. The van der Waals surface area contributed by atoms with E-state index in [-0.39, 0.29) is 22.9 Å². The average Bonchev–Trinajstić information content (AvgIpc) is 3.33. The van der Waals surface area contributed by atoms with Crippen LogP contribution in [0.15, 0.2) is 42.7 Å². The van der Waals surface area contributed by atoms with Gasteiger partial charge < -0.3 is 10.2 Å². The number of rotatable bonds is 3. The van der Waals surface area contributed by atoms with E-state index in [9.17, 15) is 14.0 Å². The molecule has 2 amide bonds. The summed E-state index contributed by atoms with van der Waals surface area (Å²) in [4.78, 5) is 31.9. The Morgan fingerprint density at radius 3 is 2.81 bits per heavy atom. The molecule has 1 N–H and O–H groups in total. The van der Waals surface area contributed by atoms with E-state index >= 15 is 0 Å². The van der Waals surface area contributed by atoms with Gasteiger partial charge in [-0.15, -0.1) is 0 Å². The number of imidazole rings is 1. The van der Waals surface area contributed by atoms with Crippen LogP contribution < -0.4 is 10.2 Å². The van der Waals surface area contributed by atoms with Crippen LogP contribution in [0.4, 0.5) is 10.1 Å². The minimum absolute atomic E-state index is 0.0105. The highest BCUT2D eigenvalue weighted by Crippen LogP contribution is 2.47. The largest absolute Gasteiger partial charge is 0.348 e. The van der Waals surface area contributed by atoms with Crippen molar-refractivity contribution in [3.8, 4) is 0 Å². The third-order valence-corrected chi connectivity index (χ3v) is 6.80. The number of carbonyl (C=O) groups is 2. The smallest absolute Gasteiger partial charge is 0.271 e. The Hall–Kier alpha value is -3.00. The number of aromatic nitrogens is 3. The molecule has 0 radical (unpaired) electrons. The fraction of sp³-hybridized carbons (Fsp3) is 0.364. The number of amides is 2. The molecule has 1 saturated carbocycles. The lowest BCUT2D eigenvalue weighted by Crippen LogP contribution is -2.44. The number of carbonyl (C=O) groups excluding carboxylic acids is 2. The lowest BCUT2D eigenvalue weighted by molar-refractivity contribution is -0.127. The topological polar surface area (TPSA) is 79.6 Å². The SMILES string of the molecule is O=C(NC1CCC2(CC1)CCN(c1ccc(F)cc1Cl)C2=O)c1cnc2cccnn12. The van der Waals surface area contributed by atoms with Gasteiger partial charge in [0, 0.05) is 18.8 Å². The summed E-state index contributed by atoms with van der Waals surface area (Å²) in [6, 6.07) is 7.66. The van der Waals surface area contributed by atoms with Gasteiger partial charge >= 0.3 is 0 Å². The number of fused-ring (bicyclic) bond motifs is 1. The third-order valence-electron chi connectivity index (χ3n) is 6.50. The molecule has 1 spiro atoms. The highest BCUT2D eigenvalue weighted by Gasteiger charge is 2.49. The minimum atomic E-state index is -0.441. The van der Waals surface area contributed by atoms with Crippen LogP contribution >= 0.6 is 11.6 Å². The highest BCUT2D eigenvalue weighted by atomic mass is 35.5. The van der Waals surface area contributed by atoms with Gasteiger partial charge in [-0.05, 0) is 62.4 Å². The molecule has 0 atom stereocenters. The molecule has 7 nitrogen and oxygen atoms in total. The van der Waals surface area contributed by atoms with E-state index < -0.39 is 11.2 Å². The van der Waals surface area contributed by atoms with Crippen LogP contribution in [0.2, 0.25) is 5.02 Å². The lowest BCUT2D eigenvalue weighted by Gasteiger charge is -2.36. The Labute approximate surface area is 183 Å². The Morgan fingerprint density at radius 2 is 2.03 bits per heavy atom. The number of hydrogen-bond acceptors (Lipinski definition) is 4. The van der Waals surface area contributed by atoms with Crippen LogP contribution in [0.5, 0.6) is 0 Å². The van der Waals surface area contributed by atoms with E-state index in [1.165, 1.54) is 22.8 Å². The summed E-state index contributed by atoms with van der Waals surface area (Å²) in [7, 11) is 0. The Balaban J connectivity index is 1.25. The van der Waals surface area contributed by atoms with Crippen molar-refractivity contribution >= 4 is 34.7 Å². The first-order valence-corrected chi connectivity index (χ1v) is 10.7. The summed E-state index contributed by atoms with van der Waals surface area (Å²) in [5.74, 6) is -0.603. The molecule has 3 aromatic rings. The van der Waals surface area contributed by atoms with Gasteiger partial charge in [0.2, 0.25) is 5.91 Å². The number of benzene rings is 1. The summed E-state index contributed by atoms with van der Waals surface area (Å²) in [6.45, 7) is 0.564. The number of halogens is 2. The second-order valence-corrected chi connectivity index (χ2v) is 8.67. The van der Waals surface area contributed by atoms with Crippen molar-refractivity contribution in [3.63, 3.8) is 0 Å². The van der Waals surface area contributed by atoms with Crippen molar-refractivity contribution in [1.82, 2.24) is 19.9 Å². The van der Waals surface area contributed by atoms with Gasteiger partial charge in [0.1, 0.15) is 11.5 Å². The van der Waals surface area contributed by atoms with Crippen molar-refractivity contribution in [2.45, 2.75) is 38.1 Å². The van der Waals surface area contributed by atoms with Gasteiger partial charge in [0.15, 0.2) is 5.65 Å². The molecule has 1 aliphatic heterocycles. The Morgan fingerprint density at radius 1 is 1.23 bits per heavy atom. The average molecular weight is 442 g/mol. The molecule has 0 unspecified atom stereocenters. The predicted octanol–water partition coefficient (Wildman–Crippen LogP) is 3.62. The first-order valence-electron chi connectivity index (χ1n) is 10.3. The van der Waals surface area contributed by atoms with E-state index in [1.807, 2.05) is 0 Å². The van der Waals surface area contributed by atoms with Gasteiger partial charge in [0.05, 0.1) is 22.3 Å². The molecule has 1 saturated heterocycles. The van der Waals surface area contributed by atoms with E-state index in [0.29, 0.717) is 49.3 Å². The quantitative estimate of drug-likeness (QED) is 0.673. The van der Waals surface area contributed by atoms with Crippen LogP contribution in [0, 0.1) is 11.2 Å². The first kappa shape index (κ1) is 19.9. The molecule has 160 valence electrons. The monoisotopic (exact) mass is 441 g/mol. The fourth-order valence-corrected chi connectivity index (χ4v) is 5.04. The number of hydrogen-bond donors (Lipinski definition) is 1. The molecular formula is C22H21ClFN5O2. The van der Waals surface area contributed by atoms with Gasteiger partial charge in [-0.3, -0.25) is 9.59 Å². The van der Waals surface area contributed by atoms with Gasteiger partial charge in [-0.2, -0.15) is 5.10 Å². The maximum atomic E-state index is 13.4. The van der Waals surface area contributed by atoms with Crippen LogP contribution in [-0.2, 0) is 4.79 Å². The van der Waals surface area contributed by atoms with E-state index in [1.54, 1.807) is 29.3 Å². The summed E-state index contributed by atoms with van der Waals surface area (Å²) in [5.41, 5.74) is 1.13. The predicted molar refractivity (Wildman–Crippen MR) is 114 cm³/mol. The summed E-state index contributed by atoms with van der Waals surface area (Å²) < 4.78 is 14.9. The third kappa shape index (κ3) is 3.44. The summed E-state index contributed by atoms with van der Waals surface area (Å²) >= 11 is 6.18. The lowest BCUT2D eigenvalue weighted by atomic mass is 9.71. The number of nitrogens with one attached hydrogen (secondary N) is 1. The second-order valence-electron chi connectivity index (χ2n) is 8.27. The van der Waals surface area contributed by atoms with Crippen molar-refractivity contribution in [2.24, 2.45) is 5.41 Å². The second kappa shape index (κ2) is 7.60. The number of anilines is 1. The molecule has 2 aromatic heterocycles. The van der Waals surface area contributed by atoms with Crippen LogP contribution in [0.1, 0.15) is 42.6 Å². The van der Waals surface area contributed by atoms with E-state index in [0.717, 1.165) is 6.42 Å². The molecule has 2 aliphatic rings. The Bertz CT molecular complexity index is 1170. The summed E-state index contributed by atoms with van der Waals surface area (Å²) in [5, 5.41) is 7.49. The molecular weight excluding hydrogens is 421 g/mol. The zero-order chi connectivity index (χ0) is 21.6. The molecule has 0 bridgehead atoms. The van der Waals surface area contributed by atoms with Gasteiger partial charge in [-0.1, -0.05) is 11.6 Å². The zero-order valence-electron chi connectivity index (χ0n) is 16.7. The molecule has 9 heteroatoms. The molecule has 2 fully saturated rings. The highest BCUT2D eigenvalue weighted by molar-refractivity contribution is 6.34. The van der Waals surface area contributed by atoms with Crippen LogP contribution in [-0.4, -0.2) is 39.0 Å². The standard InChI is InChI=1S/C22H21ClFN5O2/c23-16-12-14(24)3-4-17(16)28-11-9-22(21(28)31)7-5-15(6-8-22)27-20(30)18-13-25-19-2-1-10-26-29(18)19/h1-4,10,12-13,15H,5-9,11H2,(H,27,30). The van der Waals surface area contributed by atoms with Crippen LogP contribution in [0.3, 0.4) is 0 Å². The van der Waals surface area contributed by atoms with Gasteiger partial charge in [-0.25, -0.2) is 13.9 Å². The van der Waals surface area contributed by atoms with Crippen molar-refractivity contribution in [3.05, 3.63) is 59.3 Å². The first-order chi connectivity index (χ1) is 15.0. The fourth-order valence-electron chi connectivity index (χ4n) is 4.77. The molecule has 1 aromatic carbocycles. The van der Waals surface area contributed by atoms with E-state index in [2.05, 4.69) is 15.4 Å². The van der Waals surface area contributed by atoms with Crippen LogP contribution in [0.25, 0.3) is 5.65 Å². The Kier molecular flexibility index (Phi) is 4.89. The molecule has 31 heavy (non-hydrogen) atoms. The van der Waals surface area contributed by atoms with Crippen molar-refractivity contribution < 1.29 is 14.0 Å². The van der Waals surface area contributed by atoms with Gasteiger partial charge in [0.25, 0.3) is 5.91 Å².